The van der Waals surface area contributed by atoms with Gasteiger partial charge in [0.25, 0.3) is 0 Å². The molecule has 0 amide bonds. The van der Waals surface area contributed by atoms with Gasteiger partial charge in [0.05, 0.1) is 6.29 Å². The predicted octanol–water partition coefficient (Wildman–Crippen LogP) is 0.549. The van der Waals surface area contributed by atoms with E-state index >= 15 is 0 Å². The van der Waals surface area contributed by atoms with Crippen molar-refractivity contribution in [2.24, 2.45) is 4.36 Å². The van der Waals surface area contributed by atoms with Gasteiger partial charge in [-0.25, -0.2) is 4.36 Å². The van der Waals surface area contributed by atoms with Gasteiger partial charge in [0.2, 0.25) is 0 Å². The molecule has 0 aromatic carbocycles. The number of nitrogens with zero attached hydrogens (tertiary/aromatic N) is 1. The summed E-state index contributed by atoms with van der Waals surface area (Å²) in [6.45, 7) is 0. The summed E-state index contributed by atoms with van der Waals surface area (Å²) < 4.78 is 3.28. The second-order valence-electron chi connectivity index (χ2n) is 0.312. The van der Waals surface area contributed by atoms with Crippen LogP contribution in [-0.2, 0) is 12.4 Å². The predicted molar refractivity (Wildman–Crippen MR) is 24.4 cm³/mol. The van der Waals surface area contributed by atoms with Crippen LogP contribution >= 0.6 is 9.24 Å². The molecular weight excluding hydrogens is 89.1 g/mol. The lowest BCUT2D eigenvalue weighted by Crippen LogP contribution is -1.43. The molecule has 1 nitrogen and oxygen atoms in total. The smallest absolute Gasteiger partial charge is 0.0659 e. The zero-order valence-electron chi connectivity index (χ0n) is 2.14. The Balaban J connectivity index is 2.30. The molecule has 0 saturated heterocycles. The van der Waals surface area contributed by atoms with Gasteiger partial charge in [-0.2, -0.15) is 0 Å². The molecule has 0 rings (SSSR count). The summed E-state index contributed by atoms with van der Waals surface area (Å²) in [6.07, 6.45) is 0.676. The minimum absolute atomic E-state index is 0.676. The molecule has 0 fully saturated rings. The van der Waals surface area contributed by atoms with Crippen molar-refractivity contribution >= 4 is 21.7 Å². The quantitative estimate of drug-likeness (QED) is 0.431. The minimum atomic E-state index is 0.676. The van der Waals surface area contributed by atoms with E-state index in [1.807, 2.05) is 0 Å². The molecule has 1 atom stereocenters. The van der Waals surface area contributed by atoms with Gasteiger partial charge in [0.1, 0.15) is 0 Å². The first-order valence-electron chi connectivity index (χ1n) is 0.907. The molecule has 0 aliphatic rings. The number of hydrogen-bond donors (Lipinski definition) is 0. The summed E-state index contributed by atoms with van der Waals surface area (Å²) in [7, 11) is 2.38. The molecule has 0 radical (unpaired) electrons. The molecule has 0 aromatic rings. The third-order valence-electron chi connectivity index (χ3n) is 0.0745. The van der Waals surface area contributed by atoms with Crippen molar-refractivity contribution in [3.63, 3.8) is 0 Å². The highest BCUT2D eigenvalue weighted by Crippen LogP contribution is 1.74. The fourth-order valence-electron chi connectivity index (χ4n) is 0. The fourth-order valence-corrected chi connectivity index (χ4v) is 0. The molecule has 0 spiro atoms. The van der Waals surface area contributed by atoms with Gasteiger partial charge in [0.15, 0.2) is 0 Å². The Bertz CT molecular complexity index is 22.0. The van der Waals surface area contributed by atoms with Crippen molar-refractivity contribution in [3.8, 4) is 0 Å². The third-order valence-corrected chi connectivity index (χ3v) is 0.671. The van der Waals surface area contributed by atoms with Gasteiger partial charge in [-0.05, 0) is 0 Å². The Kier molecular flexibility index (Phi) is 3.84. The van der Waals surface area contributed by atoms with Crippen molar-refractivity contribution in [3.05, 3.63) is 0 Å². The largest absolute Gasteiger partial charge is 0.215 e. The Hall–Kier alpha value is 0.450. The summed E-state index contributed by atoms with van der Waals surface area (Å²) >= 11 is 4.16. The van der Waals surface area contributed by atoms with Crippen LogP contribution in [0.2, 0.25) is 0 Å². The Morgan fingerprint density at radius 1 is 2.00 bits per heavy atom. The van der Waals surface area contributed by atoms with Crippen molar-refractivity contribution in [2.75, 3.05) is 6.29 Å². The van der Waals surface area contributed by atoms with Crippen LogP contribution in [0.4, 0.5) is 0 Å². The van der Waals surface area contributed by atoms with Gasteiger partial charge in [-0.3, -0.25) is 0 Å². The fraction of sp³-hybridized carbons (Fsp3) is 1.00. The second kappa shape index (κ2) is 3.45. The first-order chi connectivity index (χ1) is 1.91. The summed E-state index contributed by atoms with van der Waals surface area (Å²) in [5.41, 5.74) is 0. The van der Waals surface area contributed by atoms with Gasteiger partial charge in [0, 0.05) is 12.4 Å². The van der Waals surface area contributed by atoms with Crippen LogP contribution < -0.4 is 0 Å². The van der Waals surface area contributed by atoms with Crippen LogP contribution in [0.1, 0.15) is 0 Å². The summed E-state index contributed by atoms with van der Waals surface area (Å²) in [6, 6.07) is 0. The van der Waals surface area contributed by atoms with Crippen LogP contribution in [0.15, 0.2) is 4.36 Å². The van der Waals surface area contributed by atoms with Crippen LogP contribution in [0.5, 0.6) is 0 Å². The van der Waals surface area contributed by atoms with Crippen molar-refractivity contribution in [1.82, 2.24) is 0 Å². The lowest BCUT2D eigenvalue weighted by molar-refractivity contribution is 1.45. The number of hydrogen-bond acceptors (Lipinski definition) is 2. The van der Waals surface area contributed by atoms with E-state index in [9.17, 15) is 0 Å². The molecular formula is CH4NPS. The van der Waals surface area contributed by atoms with Gasteiger partial charge < -0.3 is 0 Å². The lowest BCUT2D eigenvalue weighted by atomic mass is 11.5. The van der Waals surface area contributed by atoms with E-state index in [2.05, 4.69) is 26.0 Å². The zero-order chi connectivity index (χ0) is 3.41. The van der Waals surface area contributed by atoms with E-state index in [4.69, 9.17) is 0 Å². The van der Waals surface area contributed by atoms with Crippen molar-refractivity contribution < 1.29 is 0 Å². The maximum absolute atomic E-state index is 4.16. The van der Waals surface area contributed by atoms with Gasteiger partial charge in [-0.1, -0.05) is 0 Å². The highest BCUT2D eigenvalue weighted by atomic mass is 32.1. The highest BCUT2D eigenvalue weighted by molar-refractivity contribution is 7.47. The molecule has 0 bridgehead atoms. The van der Waals surface area contributed by atoms with Crippen molar-refractivity contribution in [2.45, 2.75) is 0 Å². The molecule has 1 unspecified atom stereocenters. The minimum Gasteiger partial charge on any atom is -0.215 e. The SMILES string of the molecule is PCN=S. The molecule has 4 heavy (non-hydrogen) atoms. The van der Waals surface area contributed by atoms with Crippen LogP contribution in [0.25, 0.3) is 0 Å². The summed E-state index contributed by atoms with van der Waals surface area (Å²) in [5, 5.41) is 0. The Labute approximate surface area is 33.2 Å². The van der Waals surface area contributed by atoms with Gasteiger partial charge in [-0.15, -0.1) is 9.24 Å². The molecule has 0 saturated carbocycles. The topological polar surface area (TPSA) is 12.4 Å². The summed E-state index contributed by atoms with van der Waals surface area (Å²) in [5.74, 6) is 0. The molecule has 0 heterocycles. The Morgan fingerprint density at radius 2 is 2.25 bits per heavy atom. The van der Waals surface area contributed by atoms with Crippen LogP contribution in [-0.4, -0.2) is 6.29 Å². The van der Waals surface area contributed by atoms with E-state index in [0.717, 1.165) is 0 Å². The first kappa shape index (κ1) is 4.45. The summed E-state index contributed by atoms with van der Waals surface area (Å²) in [4.78, 5) is 0. The molecule has 0 aliphatic heterocycles. The first-order valence-corrected chi connectivity index (χ1v) is 2.09. The molecule has 0 aliphatic carbocycles. The van der Waals surface area contributed by atoms with E-state index in [0.29, 0.717) is 6.29 Å². The van der Waals surface area contributed by atoms with Crippen molar-refractivity contribution in [1.29, 1.82) is 0 Å². The van der Waals surface area contributed by atoms with E-state index < -0.39 is 0 Å². The van der Waals surface area contributed by atoms with Crippen LogP contribution in [0, 0.1) is 0 Å². The molecule has 3 heteroatoms. The average molecular weight is 93.1 g/mol. The number of rotatable bonds is 1. The lowest BCUT2D eigenvalue weighted by Gasteiger charge is -1.57. The molecule has 0 aromatic heterocycles. The third kappa shape index (κ3) is 2.45. The second-order valence-corrected chi connectivity index (χ2v) is 0.935. The highest BCUT2D eigenvalue weighted by Gasteiger charge is 1.46. The van der Waals surface area contributed by atoms with Gasteiger partial charge >= 0.3 is 0 Å². The molecule has 24 valence electrons. The normalized spacial score (nSPS) is 6.25. The molecule has 0 N–H and O–H groups in total. The van der Waals surface area contributed by atoms with Crippen LogP contribution in [0.3, 0.4) is 0 Å². The average Bonchev–Trinajstić information content (AvgIpc) is 1.37. The van der Waals surface area contributed by atoms with E-state index in [1.54, 1.807) is 0 Å². The maximum Gasteiger partial charge on any atom is 0.0659 e. The standard InChI is InChI=1S/CH4NPS/c3-1-2-4/h1,3H2. The zero-order valence-corrected chi connectivity index (χ0v) is 4.11. The van der Waals surface area contributed by atoms with E-state index in [-0.39, 0.29) is 0 Å². The van der Waals surface area contributed by atoms with E-state index in [1.165, 1.54) is 0 Å². The Morgan fingerprint density at radius 3 is 2.25 bits per heavy atom. The monoisotopic (exact) mass is 93.0 g/mol. The maximum atomic E-state index is 4.16.